The highest BCUT2D eigenvalue weighted by atomic mass is 16.6. The number of carbonyl (C=O) groups excluding carboxylic acids is 1. The summed E-state index contributed by atoms with van der Waals surface area (Å²) in [7, 11) is 0. The molecule has 0 spiro atoms. The fourth-order valence-electron chi connectivity index (χ4n) is 1.08. The number of nitrogens with zero attached hydrogens (tertiary/aromatic N) is 1. The standard InChI is InChI=1S/C9H15N3O2/c1-5(2)14-9(13)10-8-6(3)11-12-7(8)4/h5H,1-4H3,(H,10,13)(H,11,12). The summed E-state index contributed by atoms with van der Waals surface area (Å²) < 4.78 is 4.94. The van der Waals surface area contributed by atoms with Crippen LogP contribution in [0.3, 0.4) is 0 Å². The highest BCUT2D eigenvalue weighted by Crippen LogP contribution is 2.16. The molecule has 0 aliphatic heterocycles. The minimum atomic E-state index is -0.451. The van der Waals surface area contributed by atoms with Gasteiger partial charge in [-0.25, -0.2) is 4.79 Å². The van der Waals surface area contributed by atoms with Crippen LogP contribution < -0.4 is 5.32 Å². The zero-order chi connectivity index (χ0) is 10.7. The Labute approximate surface area is 82.8 Å². The van der Waals surface area contributed by atoms with E-state index in [9.17, 15) is 4.79 Å². The lowest BCUT2D eigenvalue weighted by atomic mass is 10.3. The lowest BCUT2D eigenvalue weighted by molar-refractivity contribution is 0.130. The normalized spacial score (nSPS) is 10.4. The van der Waals surface area contributed by atoms with Gasteiger partial charge in [0.2, 0.25) is 0 Å². The highest BCUT2D eigenvalue weighted by Gasteiger charge is 2.11. The number of H-pyrrole nitrogens is 1. The summed E-state index contributed by atoms with van der Waals surface area (Å²) in [6, 6.07) is 0. The molecule has 0 radical (unpaired) electrons. The number of anilines is 1. The molecule has 0 saturated heterocycles. The van der Waals surface area contributed by atoms with Gasteiger partial charge in [-0.1, -0.05) is 0 Å². The van der Waals surface area contributed by atoms with E-state index in [2.05, 4.69) is 15.5 Å². The molecule has 5 nitrogen and oxygen atoms in total. The van der Waals surface area contributed by atoms with Crippen molar-refractivity contribution in [2.45, 2.75) is 33.8 Å². The van der Waals surface area contributed by atoms with E-state index < -0.39 is 6.09 Å². The van der Waals surface area contributed by atoms with Gasteiger partial charge in [0.25, 0.3) is 0 Å². The Balaban J connectivity index is 2.64. The van der Waals surface area contributed by atoms with E-state index >= 15 is 0 Å². The number of nitrogens with one attached hydrogen (secondary N) is 2. The van der Waals surface area contributed by atoms with Crippen molar-refractivity contribution in [3.05, 3.63) is 11.4 Å². The number of aromatic amines is 1. The third kappa shape index (κ3) is 2.48. The molecular formula is C9H15N3O2. The zero-order valence-corrected chi connectivity index (χ0v) is 8.84. The minimum absolute atomic E-state index is 0.123. The Kier molecular flexibility index (Phi) is 3.11. The van der Waals surface area contributed by atoms with E-state index in [4.69, 9.17) is 4.74 Å². The van der Waals surface area contributed by atoms with Gasteiger partial charge in [-0.2, -0.15) is 5.10 Å². The topological polar surface area (TPSA) is 67.0 Å². The summed E-state index contributed by atoms with van der Waals surface area (Å²) in [4.78, 5) is 11.3. The van der Waals surface area contributed by atoms with Gasteiger partial charge < -0.3 is 4.74 Å². The molecule has 1 rings (SSSR count). The Bertz CT molecular complexity index is 311. The summed E-state index contributed by atoms with van der Waals surface area (Å²) >= 11 is 0. The molecule has 0 unspecified atom stereocenters. The average Bonchev–Trinajstić information content (AvgIpc) is 2.34. The number of hydrogen-bond acceptors (Lipinski definition) is 3. The van der Waals surface area contributed by atoms with Gasteiger partial charge in [-0.05, 0) is 27.7 Å². The SMILES string of the molecule is Cc1n[nH]c(C)c1NC(=O)OC(C)C. The second kappa shape index (κ2) is 4.13. The second-order valence-electron chi connectivity index (χ2n) is 3.39. The number of ether oxygens (including phenoxy) is 1. The van der Waals surface area contributed by atoms with E-state index in [1.165, 1.54) is 0 Å². The van der Waals surface area contributed by atoms with Crippen LogP contribution in [-0.2, 0) is 4.74 Å². The van der Waals surface area contributed by atoms with Crippen LogP contribution in [0.2, 0.25) is 0 Å². The van der Waals surface area contributed by atoms with Crippen molar-refractivity contribution in [3.63, 3.8) is 0 Å². The number of aromatic nitrogens is 2. The molecule has 0 fully saturated rings. The Hall–Kier alpha value is -1.52. The van der Waals surface area contributed by atoms with Crippen LogP contribution in [-0.4, -0.2) is 22.4 Å². The number of rotatable bonds is 2. The summed E-state index contributed by atoms with van der Waals surface area (Å²) in [6.07, 6.45) is -0.574. The molecule has 0 aromatic carbocycles. The largest absolute Gasteiger partial charge is 0.447 e. The summed E-state index contributed by atoms with van der Waals surface area (Å²) in [5, 5.41) is 9.36. The smallest absolute Gasteiger partial charge is 0.411 e. The Morgan fingerprint density at radius 2 is 2.14 bits per heavy atom. The van der Waals surface area contributed by atoms with Crippen molar-refractivity contribution >= 4 is 11.8 Å². The molecule has 1 aromatic heterocycles. The van der Waals surface area contributed by atoms with Gasteiger partial charge in [0.1, 0.15) is 0 Å². The van der Waals surface area contributed by atoms with Gasteiger partial charge in [0.05, 0.1) is 23.2 Å². The molecule has 0 aliphatic rings. The monoisotopic (exact) mass is 197 g/mol. The predicted molar refractivity (Wildman–Crippen MR) is 53.3 cm³/mol. The fraction of sp³-hybridized carbons (Fsp3) is 0.556. The maximum Gasteiger partial charge on any atom is 0.411 e. The van der Waals surface area contributed by atoms with Crippen molar-refractivity contribution in [2.75, 3.05) is 5.32 Å². The van der Waals surface area contributed by atoms with E-state index in [-0.39, 0.29) is 6.10 Å². The van der Waals surface area contributed by atoms with Crippen molar-refractivity contribution < 1.29 is 9.53 Å². The Morgan fingerprint density at radius 3 is 2.57 bits per heavy atom. The lowest BCUT2D eigenvalue weighted by Crippen LogP contribution is -2.18. The maximum atomic E-state index is 11.3. The number of carbonyl (C=O) groups is 1. The fourth-order valence-corrected chi connectivity index (χ4v) is 1.08. The molecular weight excluding hydrogens is 182 g/mol. The van der Waals surface area contributed by atoms with Crippen LogP contribution in [0.1, 0.15) is 25.2 Å². The third-order valence-corrected chi connectivity index (χ3v) is 1.70. The van der Waals surface area contributed by atoms with E-state index in [1.54, 1.807) is 13.8 Å². The first-order chi connectivity index (χ1) is 6.50. The third-order valence-electron chi connectivity index (χ3n) is 1.70. The van der Waals surface area contributed by atoms with Gasteiger partial charge in [0, 0.05) is 0 Å². The van der Waals surface area contributed by atoms with Crippen molar-refractivity contribution in [3.8, 4) is 0 Å². The number of amides is 1. The van der Waals surface area contributed by atoms with Crippen LogP contribution in [0.25, 0.3) is 0 Å². The molecule has 0 bridgehead atoms. The molecule has 78 valence electrons. The van der Waals surface area contributed by atoms with Crippen LogP contribution in [0.4, 0.5) is 10.5 Å². The second-order valence-corrected chi connectivity index (χ2v) is 3.39. The maximum absolute atomic E-state index is 11.3. The van der Waals surface area contributed by atoms with Gasteiger partial charge >= 0.3 is 6.09 Å². The molecule has 1 aromatic rings. The quantitative estimate of drug-likeness (QED) is 0.761. The molecule has 2 N–H and O–H groups in total. The molecule has 14 heavy (non-hydrogen) atoms. The van der Waals surface area contributed by atoms with Gasteiger partial charge in [-0.3, -0.25) is 10.4 Å². The molecule has 0 aliphatic carbocycles. The van der Waals surface area contributed by atoms with Crippen LogP contribution >= 0.6 is 0 Å². The zero-order valence-electron chi connectivity index (χ0n) is 8.84. The molecule has 5 heteroatoms. The molecule has 0 saturated carbocycles. The first-order valence-electron chi connectivity index (χ1n) is 4.50. The number of hydrogen-bond donors (Lipinski definition) is 2. The predicted octanol–water partition coefficient (Wildman–Crippen LogP) is 1.98. The molecule has 0 atom stereocenters. The van der Waals surface area contributed by atoms with E-state index in [0.29, 0.717) is 5.69 Å². The van der Waals surface area contributed by atoms with E-state index in [0.717, 1.165) is 11.4 Å². The van der Waals surface area contributed by atoms with Crippen molar-refractivity contribution in [1.82, 2.24) is 10.2 Å². The molecule has 1 heterocycles. The lowest BCUT2D eigenvalue weighted by Gasteiger charge is -2.09. The number of aryl methyl sites for hydroxylation is 2. The minimum Gasteiger partial charge on any atom is -0.447 e. The summed E-state index contributed by atoms with van der Waals surface area (Å²) in [5.41, 5.74) is 2.27. The van der Waals surface area contributed by atoms with Crippen LogP contribution in [0.5, 0.6) is 0 Å². The first-order valence-corrected chi connectivity index (χ1v) is 4.50. The molecule has 1 amide bonds. The van der Waals surface area contributed by atoms with E-state index in [1.807, 2.05) is 13.8 Å². The summed E-state index contributed by atoms with van der Waals surface area (Å²) in [5.74, 6) is 0. The summed E-state index contributed by atoms with van der Waals surface area (Å²) in [6.45, 7) is 7.25. The first kappa shape index (κ1) is 10.6. The van der Waals surface area contributed by atoms with Gasteiger partial charge in [-0.15, -0.1) is 0 Å². The average molecular weight is 197 g/mol. The van der Waals surface area contributed by atoms with Crippen LogP contribution in [0.15, 0.2) is 0 Å². The highest BCUT2D eigenvalue weighted by molar-refractivity contribution is 5.86. The van der Waals surface area contributed by atoms with Crippen molar-refractivity contribution in [1.29, 1.82) is 0 Å². The Morgan fingerprint density at radius 1 is 1.50 bits per heavy atom. The van der Waals surface area contributed by atoms with Crippen LogP contribution in [0, 0.1) is 13.8 Å². The van der Waals surface area contributed by atoms with Crippen molar-refractivity contribution in [2.24, 2.45) is 0 Å². The van der Waals surface area contributed by atoms with Gasteiger partial charge in [0.15, 0.2) is 0 Å².